The summed E-state index contributed by atoms with van der Waals surface area (Å²) in [5, 5.41) is 11.0. The summed E-state index contributed by atoms with van der Waals surface area (Å²) in [4.78, 5) is 0. The molecular weight excluding hydrogens is 353 g/mol. The molecule has 2 nitrogen and oxygen atoms in total. The van der Waals surface area contributed by atoms with Gasteiger partial charge in [0.25, 0.3) is 0 Å². The van der Waals surface area contributed by atoms with Crippen molar-refractivity contribution in [2.45, 2.75) is 31.5 Å². The van der Waals surface area contributed by atoms with Gasteiger partial charge >= 0.3 is 6.18 Å². The van der Waals surface area contributed by atoms with E-state index >= 15 is 0 Å². The van der Waals surface area contributed by atoms with Crippen molar-refractivity contribution in [1.29, 1.82) is 0 Å². The lowest BCUT2D eigenvalue weighted by molar-refractivity contribution is -0.137. The van der Waals surface area contributed by atoms with E-state index < -0.39 is 17.3 Å². The summed E-state index contributed by atoms with van der Waals surface area (Å²) >= 11 is 5.59. The molecule has 0 saturated heterocycles. The summed E-state index contributed by atoms with van der Waals surface area (Å²) < 4.78 is 44.4. The van der Waals surface area contributed by atoms with Crippen molar-refractivity contribution in [3.63, 3.8) is 0 Å². The fraction of sp³-hybridized carbons (Fsp3) is 0.368. The van der Waals surface area contributed by atoms with Crippen molar-refractivity contribution in [2.24, 2.45) is 0 Å². The second kappa shape index (κ2) is 8.11. The summed E-state index contributed by atoms with van der Waals surface area (Å²) in [6.45, 7) is 2.21. The zero-order chi connectivity index (χ0) is 18.5. The van der Waals surface area contributed by atoms with Gasteiger partial charge in [-0.25, -0.2) is 0 Å². The lowest BCUT2D eigenvalue weighted by Gasteiger charge is -2.29. The molecule has 0 saturated carbocycles. The Bertz CT molecular complexity index is 686. The van der Waals surface area contributed by atoms with Crippen molar-refractivity contribution >= 4 is 11.6 Å². The van der Waals surface area contributed by atoms with E-state index in [4.69, 9.17) is 16.3 Å². The Labute approximate surface area is 150 Å². The molecule has 0 aliphatic carbocycles. The highest BCUT2D eigenvalue weighted by atomic mass is 35.5. The van der Waals surface area contributed by atoms with Gasteiger partial charge in [-0.1, -0.05) is 31.2 Å². The number of benzene rings is 2. The molecule has 0 spiro atoms. The standard InChI is InChI=1S/C19H20ClF3O2/c1-2-18(24,15-5-3-6-16(13-15)19(21,22)23)14-7-9-17(10-8-14)25-12-4-11-20/h3,5-10,13,24H,2,4,11-12H2,1H3. The van der Waals surface area contributed by atoms with Crippen LogP contribution in [0.25, 0.3) is 0 Å². The molecule has 2 aromatic carbocycles. The van der Waals surface area contributed by atoms with Crippen molar-refractivity contribution in [2.75, 3.05) is 12.5 Å². The summed E-state index contributed by atoms with van der Waals surface area (Å²) in [6, 6.07) is 11.5. The molecule has 6 heteroatoms. The van der Waals surface area contributed by atoms with Crippen LogP contribution in [0.3, 0.4) is 0 Å². The lowest BCUT2D eigenvalue weighted by atomic mass is 9.83. The second-order valence-corrected chi connectivity index (χ2v) is 6.09. The zero-order valence-corrected chi connectivity index (χ0v) is 14.6. The zero-order valence-electron chi connectivity index (χ0n) is 13.8. The number of rotatable bonds is 7. The second-order valence-electron chi connectivity index (χ2n) is 5.71. The van der Waals surface area contributed by atoms with Gasteiger partial charge in [-0.05, 0) is 48.2 Å². The van der Waals surface area contributed by atoms with Crippen LogP contribution in [0.4, 0.5) is 13.2 Å². The van der Waals surface area contributed by atoms with Gasteiger partial charge in [-0.2, -0.15) is 13.2 Å². The third-order valence-corrected chi connectivity index (χ3v) is 4.32. The van der Waals surface area contributed by atoms with E-state index in [1.165, 1.54) is 12.1 Å². The Hall–Kier alpha value is -1.72. The molecule has 1 N–H and O–H groups in total. The van der Waals surface area contributed by atoms with Crippen LogP contribution in [-0.2, 0) is 11.8 Å². The van der Waals surface area contributed by atoms with E-state index in [2.05, 4.69) is 0 Å². The molecule has 0 radical (unpaired) electrons. The number of alkyl halides is 4. The maximum Gasteiger partial charge on any atom is 0.416 e. The normalized spacial score (nSPS) is 14.2. The van der Waals surface area contributed by atoms with Crippen LogP contribution in [0, 0.1) is 0 Å². The maximum absolute atomic E-state index is 13.0. The van der Waals surface area contributed by atoms with Gasteiger partial charge in [0.1, 0.15) is 11.4 Å². The third-order valence-electron chi connectivity index (χ3n) is 4.06. The predicted octanol–water partition coefficient (Wildman–Crippen LogP) is 5.36. The highest BCUT2D eigenvalue weighted by Gasteiger charge is 2.34. The fourth-order valence-electron chi connectivity index (χ4n) is 2.60. The molecule has 136 valence electrons. The number of ether oxygens (including phenoxy) is 1. The highest BCUT2D eigenvalue weighted by molar-refractivity contribution is 6.17. The van der Waals surface area contributed by atoms with Crippen LogP contribution >= 0.6 is 11.6 Å². The molecule has 0 amide bonds. The largest absolute Gasteiger partial charge is 0.494 e. The smallest absolute Gasteiger partial charge is 0.416 e. The first-order chi connectivity index (χ1) is 11.8. The highest BCUT2D eigenvalue weighted by Crippen LogP contribution is 2.37. The van der Waals surface area contributed by atoms with E-state index in [1.54, 1.807) is 31.2 Å². The van der Waals surface area contributed by atoms with Crippen LogP contribution in [0.1, 0.15) is 36.5 Å². The minimum Gasteiger partial charge on any atom is -0.494 e. The molecule has 0 fully saturated rings. The molecule has 2 aromatic rings. The Balaban J connectivity index is 2.30. The first-order valence-electron chi connectivity index (χ1n) is 8.00. The average Bonchev–Trinajstić information content (AvgIpc) is 2.61. The number of halogens is 4. The molecule has 0 heterocycles. The summed E-state index contributed by atoms with van der Waals surface area (Å²) in [6.07, 6.45) is -3.50. The Morgan fingerprint density at radius 2 is 1.64 bits per heavy atom. The SMILES string of the molecule is CCC(O)(c1ccc(OCCCCl)cc1)c1cccc(C(F)(F)F)c1. The van der Waals surface area contributed by atoms with Crippen LogP contribution in [-0.4, -0.2) is 17.6 Å². The van der Waals surface area contributed by atoms with E-state index in [-0.39, 0.29) is 12.0 Å². The monoisotopic (exact) mass is 372 g/mol. The van der Waals surface area contributed by atoms with E-state index in [0.29, 0.717) is 30.2 Å². The van der Waals surface area contributed by atoms with Gasteiger partial charge in [0, 0.05) is 5.88 Å². The summed E-state index contributed by atoms with van der Waals surface area (Å²) in [5.74, 6) is 1.12. The molecule has 0 aliphatic rings. The van der Waals surface area contributed by atoms with Crippen molar-refractivity contribution in [1.82, 2.24) is 0 Å². The van der Waals surface area contributed by atoms with E-state index in [0.717, 1.165) is 12.1 Å². The maximum atomic E-state index is 13.0. The summed E-state index contributed by atoms with van der Waals surface area (Å²) in [5.41, 5.74) is -1.56. The van der Waals surface area contributed by atoms with Gasteiger partial charge in [-0.3, -0.25) is 0 Å². The van der Waals surface area contributed by atoms with Crippen LogP contribution in [0.15, 0.2) is 48.5 Å². The molecule has 0 aromatic heterocycles. The third kappa shape index (κ3) is 4.67. The Morgan fingerprint density at radius 1 is 1.00 bits per heavy atom. The molecule has 0 aliphatic heterocycles. The van der Waals surface area contributed by atoms with Gasteiger partial charge in [0.2, 0.25) is 0 Å². The minimum absolute atomic E-state index is 0.209. The fourth-order valence-corrected chi connectivity index (χ4v) is 2.71. The lowest BCUT2D eigenvalue weighted by Crippen LogP contribution is -2.26. The molecule has 25 heavy (non-hydrogen) atoms. The Morgan fingerprint density at radius 3 is 2.20 bits per heavy atom. The van der Waals surface area contributed by atoms with E-state index in [1.807, 2.05) is 0 Å². The van der Waals surface area contributed by atoms with Gasteiger partial charge in [-0.15, -0.1) is 11.6 Å². The topological polar surface area (TPSA) is 29.5 Å². The van der Waals surface area contributed by atoms with Crippen molar-refractivity contribution in [3.8, 4) is 5.75 Å². The minimum atomic E-state index is -4.45. The van der Waals surface area contributed by atoms with Gasteiger partial charge < -0.3 is 9.84 Å². The van der Waals surface area contributed by atoms with Crippen LogP contribution in [0.5, 0.6) is 5.75 Å². The summed E-state index contributed by atoms with van der Waals surface area (Å²) in [7, 11) is 0. The quantitative estimate of drug-likeness (QED) is 0.523. The molecule has 2 rings (SSSR count). The van der Waals surface area contributed by atoms with Gasteiger partial charge in [0.05, 0.1) is 12.2 Å². The van der Waals surface area contributed by atoms with Crippen LogP contribution < -0.4 is 4.74 Å². The number of aliphatic hydroxyl groups is 1. The number of hydrogen-bond acceptors (Lipinski definition) is 2. The van der Waals surface area contributed by atoms with E-state index in [9.17, 15) is 18.3 Å². The van der Waals surface area contributed by atoms with Crippen molar-refractivity contribution < 1.29 is 23.0 Å². The average molecular weight is 373 g/mol. The predicted molar refractivity (Wildman–Crippen MR) is 92.0 cm³/mol. The molecular formula is C19H20ClF3O2. The van der Waals surface area contributed by atoms with Crippen LogP contribution in [0.2, 0.25) is 0 Å². The first kappa shape index (κ1) is 19.6. The number of hydrogen-bond donors (Lipinski definition) is 1. The van der Waals surface area contributed by atoms with Gasteiger partial charge in [0.15, 0.2) is 0 Å². The molecule has 1 unspecified atom stereocenters. The first-order valence-corrected chi connectivity index (χ1v) is 8.54. The molecule has 0 bridgehead atoms. The molecule has 1 atom stereocenters. The Kier molecular flexibility index (Phi) is 6.36. The van der Waals surface area contributed by atoms with Crippen molar-refractivity contribution in [3.05, 3.63) is 65.2 Å².